The van der Waals surface area contributed by atoms with Crippen LogP contribution < -0.4 is 5.43 Å². The quantitative estimate of drug-likeness (QED) is 0.607. The zero-order valence-electron chi connectivity index (χ0n) is 8.64. The summed E-state index contributed by atoms with van der Waals surface area (Å²) in [5.74, 6) is 0. The molecule has 4 nitrogen and oxygen atoms in total. The van der Waals surface area contributed by atoms with Crippen molar-refractivity contribution in [2.45, 2.75) is 20.0 Å². The fourth-order valence-corrected chi connectivity index (χ4v) is 0.945. The molecular formula is C11H14N2O2. The first-order chi connectivity index (χ1) is 7.33. The highest BCUT2D eigenvalue weighted by atomic mass is 16.5. The van der Waals surface area contributed by atoms with Gasteiger partial charge >= 0.3 is 6.09 Å². The molecule has 0 radical (unpaired) electrons. The van der Waals surface area contributed by atoms with Crippen LogP contribution in [0.1, 0.15) is 18.9 Å². The van der Waals surface area contributed by atoms with Crippen LogP contribution >= 0.6 is 0 Å². The molecule has 1 aromatic carbocycles. The molecule has 0 atom stereocenters. The minimum Gasteiger partial charge on any atom is -0.443 e. The van der Waals surface area contributed by atoms with Gasteiger partial charge in [0.2, 0.25) is 0 Å². The summed E-state index contributed by atoms with van der Waals surface area (Å²) >= 11 is 0. The number of hydrazone groups is 1. The molecule has 0 aliphatic rings. The van der Waals surface area contributed by atoms with Crippen LogP contribution in [0.5, 0.6) is 0 Å². The van der Waals surface area contributed by atoms with E-state index in [1.165, 1.54) is 0 Å². The van der Waals surface area contributed by atoms with Gasteiger partial charge in [-0.1, -0.05) is 37.3 Å². The Balaban J connectivity index is 2.26. The van der Waals surface area contributed by atoms with E-state index in [-0.39, 0.29) is 6.61 Å². The van der Waals surface area contributed by atoms with Crippen molar-refractivity contribution in [2.24, 2.45) is 5.10 Å². The summed E-state index contributed by atoms with van der Waals surface area (Å²) in [4.78, 5) is 11.0. The van der Waals surface area contributed by atoms with Gasteiger partial charge in [0.15, 0.2) is 0 Å². The number of carbonyl (C=O) groups is 1. The Bertz CT molecular complexity index is 323. The van der Waals surface area contributed by atoms with Crippen molar-refractivity contribution in [3.8, 4) is 0 Å². The second kappa shape index (κ2) is 6.59. The maximum atomic E-state index is 11.0. The third-order valence-electron chi connectivity index (χ3n) is 1.64. The Morgan fingerprint density at radius 1 is 1.47 bits per heavy atom. The van der Waals surface area contributed by atoms with Crippen molar-refractivity contribution in [3.63, 3.8) is 0 Å². The molecule has 4 heteroatoms. The zero-order chi connectivity index (χ0) is 10.9. The molecule has 15 heavy (non-hydrogen) atoms. The van der Waals surface area contributed by atoms with Gasteiger partial charge in [-0.25, -0.2) is 10.2 Å². The van der Waals surface area contributed by atoms with Crippen LogP contribution in [0.4, 0.5) is 4.79 Å². The molecular weight excluding hydrogens is 192 g/mol. The van der Waals surface area contributed by atoms with Crippen LogP contribution in [0.3, 0.4) is 0 Å². The van der Waals surface area contributed by atoms with Crippen molar-refractivity contribution in [1.29, 1.82) is 0 Å². The molecule has 0 spiro atoms. The highest BCUT2D eigenvalue weighted by Gasteiger charge is 1.99. The Morgan fingerprint density at radius 3 is 2.87 bits per heavy atom. The summed E-state index contributed by atoms with van der Waals surface area (Å²) < 4.78 is 4.91. The average molecular weight is 206 g/mol. The van der Waals surface area contributed by atoms with Gasteiger partial charge < -0.3 is 4.74 Å². The number of amides is 1. The summed E-state index contributed by atoms with van der Waals surface area (Å²) in [5.41, 5.74) is 3.21. The molecule has 0 heterocycles. The molecule has 0 fully saturated rings. The summed E-state index contributed by atoms with van der Waals surface area (Å²) in [6.45, 7) is 2.19. The zero-order valence-corrected chi connectivity index (χ0v) is 8.64. The highest BCUT2D eigenvalue weighted by molar-refractivity contribution is 5.68. The standard InChI is InChI=1S/C11H14N2O2/c1-2-8-12-13-11(14)15-9-10-6-4-3-5-7-10/h3-8H,2,9H2,1H3,(H,13,14). The number of hydrogen-bond donors (Lipinski definition) is 1. The maximum absolute atomic E-state index is 11.0. The lowest BCUT2D eigenvalue weighted by molar-refractivity contribution is 0.140. The van der Waals surface area contributed by atoms with Gasteiger partial charge in [0.25, 0.3) is 0 Å². The molecule has 80 valence electrons. The lowest BCUT2D eigenvalue weighted by Gasteiger charge is -2.02. The van der Waals surface area contributed by atoms with Crippen molar-refractivity contribution in [1.82, 2.24) is 5.43 Å². The van der Waals surface area contributed by atoms with E-state index < -0.39 is 6.09 Å². The topological polar surface area (TPSA) is 50.7 Å². The smallest absolute Gasteiger partial charge is 0.428 e. The number of hydrogen-bond acceptors (Lipinski definition) is 3. The second-order valence-corrected chi connectivity index (χ2v) is 2.89. The van der Waals surface area contributed by atoms with Gasteiger partial charge in [-0.05, 0) is 12.0 Å². The van der Waals surface area contributed by atoms with Crippen molar-refractivity contribution < 1.29 is 9.53 Å². The Labute approximate surface area is 88.9 Å². The SMILES string of the molecule is CCC=NNC(=O)OCc1ccccc1. The van der Waals surface area contributed by atoms with Crippen LogP contribution in [-0.2, 0) is 11.3 Å². The molecule has 1 N–H and O–H groups in total. The van der Waals surface area contributed by atoms with Gasteiger partial charge in [0.1, 0.15) is 6.61 Å². The van der Waals surface area contributed by atoms with Crippen molar-refractivity contribution in [3.05, 3.63) is 35.9 Å². The van der Waals surface area contributed by atoms with Crippen LogP contribution in [0.2, 0.25) is 0 Å². The molecule has 1 aromatic rings. The predicted molar refractivity (Wildman–Crippen MR) is 58.5 cm³/mol. The molecule has 0 bridgehead atoms. The van der Waals surface area contributed by atoms with E-state index in [4.69, 9.17) is 4.74 Å². The van der Waals surface area contributed by atoms with Gasteiger partial charge in [-0.2, -0.15) is 5.10 Å². The van der Waals surface area contributed by atoms with Crippen LogP contribution in [0.25, 0.3) is 0 Å². The molecule has 1 rings (SSSR count). The molecule has 1 amide bonds. The first-order valence-electron chi connectivity index (χ1n) is 4.81. The normalized spacial score (nSPS) is 10.2. The van der Waals surface area contributed by atoms with Gasteiger partial charge in [0, 0.05) is 6.21 Å². The number of benzene rings is 1. The third-order valence-corrected chi connectivity index (χ3v) is 1.64. The van der Waals surface area contributed by atoms with Gasteiger partial charge in [-0.3, -0.25) is 0 Å². The first-order valence-corrected chi connectivity index (χ1v) is 4.81. The number of nitrogens with zero attached hydrogens (tertiary/aromatic N) is 1. The van der Waals surface area contributed by atoms with Crippen molar-refractivity contribution in [2.75, 3.05) is 0 Å². The number of nitrogens with one attached hydrogen (secondary N) is 1. The van der Waals surface area contributed by atoms with Crippen LogP contribution in [0.15, 0.2) is 35.4 Å². The van der Waals surface area contributed by atoms with E-state index in [0.29, 0.717) is 0 Å². The average Bonchev–Trinajstić information content (AvgIpc) is 2.28. The van der Waals surface area contributed by atoms with E-state index in [9.17, 15) is 4.79 Å². The minimum absolute atomic E-state index is 0.258. The van der Waals surface area contributed by atoms with E-state index in [2.05, 4.69) is 10.5 Å². The van der Waals surface area contributed by atoms with Crippen LogP contribution in [-0.4, -0.2) is 12.3 Å². The highest BCUT2D eigenvalue weighted by Crippen LogP contribution is 2.00. The summed E-state index contributed by atoms with van der Waals surface area (Å²) in [6, 6.07) is 9.48. The summed E-state index contributed by atoms with van der Waals surface area (Å²) in [6.07, 6.45) is 1.84. The third kappa shape index (κ3) is 4.81. The molecule has 0 aromatic heterocycles. The number of carbonyl (C=O) groups excluding carboxylic acids is 1. The molecule has 0 saturated carbocycles. The van der Waals surface area contributed by atoms with Crippen molar-refractivity contribution >= 4 is 12.3 Å². The lowest BCUT2D eigenvalue weighted by Crippen LogP contribution is -2.18. The monoisotopic (exact) mass is 206 g/mol. The Kier molecular flexibility index (Phi) is 4.94. The fourth-order valence-electron chi connectivity index (χ4n) is 0.945. The van der Waals surface area contributed by atoms with E-state index in [0.717, 1.165) is 12.0 Å². The summed E-state index contributed by atoms with van der Waals surface area (Å²) in [7, 11) is 0. The van der Waals surface area contributed by atoms with Gasteiger partial charge in [-0.15, -0.1) is 0 Å². The van der Waals surface area contributed by atoms with Gasteiger partial charge in [0.05, 0.1) is 0 Å². The number of ether oxygens (including phenoxy) is 1. The molecule has 0 saturated heterocycles. The lowest BCUT2D eigenvalue weighted by atomic mass is 10.2. The largest absolute Gasteiger partial charge is 0.443 e. The molecule has 0 unspecified atom stereocenters. The van der Waals surface area contributed by atoms with Crippen LogP contribution in [0, 0.1) is 0 Å². The molecule has 0 aliphatic heterocycles. The van der Waals surface area contributed by atoms with E-state index in [1.807, 2.05) is 37.3 Å². The first kappa shape index (κ1) is 11.2. The Hall–Kier alpha value is -1.84. The minimum atomic E-state index is -0.538. The van der Waals surface area contributed by atoms with E-state index >= 15 is 0 Å². The predicted octanol–water partition coefficient (Wildman–Crippen LogP) is 2.31. The fraction of sp³-hybridized carbons (Fsp3) is 0.273. The summed E-state index contributed by atoms with van der Waals surface area (Å²) in [5, 5.41) is 3.65. The molecule has 0 aliphatic carbocycles. The van der Waals surface area contributed by atoms with E-state index in [1.54, 1.807) is 6.21 Å². The number of rotatable bonds is 4. The Morgan fingerprint density at radius 2 is 2.20 bits per heavy atom. The maximum Gasteiger partial charge on any atom is 0.428 e. The second-order valence-electron chi connectivity index (χ2n) is 2.89.